The van der Waals surface area contributed by atoms with Crippen LogP contribution in [0.2, 0.25) is 0 Å². The SMILES string of the molecule is COc1cccc(O)c1-n1c(NS(=O)(=O)[C@@H](C)[C@H](C)c2ncc(F)cn2)nnc1C1=C=C=CC(c2ccccc2)=N1. The van der Waals surface area contributed by atoms with Crippen LogP contribution in [0.4, 0.5) is 10.3 Å². The Morgan fingerprint density at radius 1 is 1.05 bits per heavy atom. The van der Waals surface area contributed by atoms with Gasteiger partial charge in [-0.1, -0.05) is 49.1 Å². The normalized spacial score (nSPS) is 14.2. The number of nitrogens with zero attached hydrogens (tertiary/aromatic N) is 6. The van der Waals surface area contributed by atoms with E-state index >= 15 is 0 Å². The zero-order valence-corrected chi connectivity index (χ0v) is 23.0. The minimum absolute atomic E-state index is 0.0686. The summed E-state index contributed by atoms with van der Waals surface area (Å²) in [5, 5.41) is 18.1. The largest absolute Gasteiger partial charge is 0.506 e. The highest BCUT2D eigenvalue weighted by Gasteiger charge is 2.32. The Kier molecular flexibility index (Phi) is 7.50. The van der Waals surface area contributed by atoms with E-state index in [1.165, 1.54) is 24.7 Å². The zero-order chi connectivity index (χ0) is 29.1. The summed E-state index contributed by atoms with van der Waals surface area (Å²) in [6.07, 6.45) is 3.61. The van der Waals surface area contributed by atoms with Crippen LogP contribution in [0.1, 0.15) is 37.0 Å². The van der Waals surface area contributed by atoms with Gasteiger partial charge < -0.3 is 9.84 Å². The number of halogens is 1. The molecule has 208 valence electrons. The van der Waals surface area contributed by atoms with Gasteiger partial charge in [-0.15, -0.1) is 10.2 Å². The molecule has 0 saturated heterocycles. The third-order valence-electron chi connectivity index (χ3n) is 6.47. The Morgan fingerprint density at radius 2 is 1.78 bits per heavy atom. The van der Waals surface area contributed by atoms with Gasteiger partial charge in [0, 0.05) is 17.6 Å². The number of anilines is 1. The second kappa shape index (κ2) is 11.2. The Bertz CT molecular complexity index is 1840. The number of sulfonamides is 1. The van der Waals surface area contributed by atoms with Gasteiger partial charge in [-0.3, -0.25) is 9.29 Å². The lowest BCUT2D eigenvalue weighted by Crippen LogP contribution is -2.31. The van der Waals surface area contributed by atoms with Gasteiger partial charge in [0.1, 0.15) is 23.0 Å². The number of aromatic hydroxyl groups is 1. The lowest BCUT2D eigenvalue weighted by Gasteiger charge is -2.21. The molecule has 0 aliphatic carbocycles. The number of para-hydroxylation sites is 1. The highest BCUT2D eigenvalue weighted by Crippen LogP contribution is 2.37. The summed E-state index contributed by atoms with van der Waals surface area (Å²) >= 11 is 0. The van der Waals surface area contributed by atoms with Crippen molar-refractivity contribution in [1.82, 2.24) is 24.7 Å². The monoisotopic (exact) mass is 573 g/mol. The number of allylic oxidation sites excluding steroid dienone is 1. The van der Waals surface area contributed by atoms with Gasteiger partial charge in [0.15, 0.2) is 17.3 Å². The molecule has 0 bridgehead atoms. The standard InChI is InChI=1S/C28H24FN7O4S/c1-17(26-30-15-20(29)16-31-26)18(2)41(38,39)35-28-34-33-27(36(28)25-23(37)13-8-14-24(25)40-3)22-12-7-11-21(32-22)19-9-5-4-6-10-19/h4-6,8-11,13-18,37H,1-3H3,(H,34,35)/t17-,18-/m0/s1. The van der Waals surface area contributed by atoms with Crippen molar-refractivity contribution in [3.8, 4) is 17.2 Å². The van der Waals surface area contributed by atoms with Crippen molar-refractivity contribution < 1.29 is 22.7 Å². The number of methoxy groups -OCH3 is 1. The van der Waals surface area contributed by atoms with Crippen molar-refractivity contribution in [2.24, 2.45) is 4.99 Å². The molecule has 41 heavy (non-hydrogen) atoms. The van der Waals surface area contributed by atoms with Gasteiger partial charge in [0.2, 0.25) is 16.0 Å². The number of aliphatic imine (C=N–C) groups is 1. The maximum atomic E-state index is 13.5. The van der Waals surface area contributed by atoms with Crippen LogP contribution in [0.3, 0.4) is 0 Å². The molecule has 2 atom stereocenters. The summed E-state index contributed by atoms with van der Waals surface area (Å²) in [5.41, 5.74) is 7.48. The third kappa shape index (κ3) is 5.50. The molecule has 1 aliphatic rings. The van der Waals surface area contributed by atoms with E-state index in [9.17, 15) is 17.9 Å². The Morgan fingerprint density at radius 3 is 2.49 bits per heavy atom. The summed E-state index contributed by atoms with van der Waals surface area (Å²) in [5.74, 6) is -1.37. The van der Waals surface area contributed by atoms with Gasteiger partial charge >= 0.3 is 0 Å². The molecule has 0 amide bonds. The van der Waals surface area contributed by atoms with E-state index in [2.05, 4.69) is 41.3 Å². The van der Waals surface area contributed by atoms with E-state index in [0.717, 1.165) is 18.0 Å². The predicted molar refractivity (Wildman–Crippen MR) is 150 cm³/mol. The van der Waals surface area contributed by atoms with E-state index in [-0.39, 0.29) is 40.5 Å². The van der Waals surface area contributed by atoms with Crippen LogP contribution in [-0.2, 0) is 10.0 Å². The second-order valence-corrected chi connectivity index (χ2v) is 11.1. The molecule has 2 aromatic carbocycles. The lowest BCUT2D eigenvalue weighted by molar-refractivity contribution is 0.404. The minimum atomic E-state index is -4.16. The molecule has 0 saturated carbocycles. The number of hydrogen-bond acceptors (Lipinski definition) is 9. The molecular weight excluding hydrogens is 549 g/mol. The van der Waals surface area contributed by atoms with Gasteiger partial charge in [-0.05, 0) is 24.8 Å². The Hall–Kier alpha value is -5.09. The van der Waals surface area contributed by atoms with Gasteiger partial charge in [-0.25, -0.2) is 27.8 Å². The molecule has 11 nitrogen and oxygen atoms in total. The van der Waals surface area contributed by atoms with Gasteiger partial charge in [-0.2, -0.15) is 0 Å². The van der Waals surface area contributed by atoms with Crippen LogP contribution in [0.25, 0.3) is 11.4 Å². The highest BCUT2D eigenvalue weighted by molar-refractivity contribution is 7.93. The fraction of sp³-hybridized carbons (Fsp3) is 0.179. The number of rotatable bonds is 9. The summed E-state index contributed by atoms with van der Waals surface area (Å²) in [4.78, 5) is 12.5. The van der Waals surface area contributed by atoms with E-state index in [1.54, 1.807) is 25.1 Å². The van der Waals surface area contributed by atoms with Crippen molar-refractivity contribution in [1.29, 1.82) is 0 Å². The number of nitrogens with one attached hydrogen (secondary N) is 1. The first-order chi connectivity index (χ1) is 19.7. The molecular formula is C28H24FN7O4S. The summed E-state index contributed by atoms with van der Waals surface area (Å²) < 4.78 is 49.6. The lowest BCUT2D eigenvalue weighted by atomic mass is 10.1. The Balaban J connectivity index is 1.60. The smallest absolute Gasteiger partial charge is 0.243 e. The average Bonchev–Trinajstić information content (AvgIpc) is 3.39. The summed E-state index contributed by atoms with van der Waals surface area (Å²) in [6, 6.07) is 14.0. The topological polar surface area (TPSA) is 144 Å². The molecule has 0 spiro atoms. The van der Waals surface area contributed by atoms with Gasteiger partial charge in [0.25, 0.3) is 0 Å². The first-order valence-electron chi connectivity index (χ1n) is 12.4. The quantitative estimate of drug-likeness (QED) is 0.286. The molecule has 4 aromatic rings. The molecule has 1 aliphatic heterocycles. The van der Waals surface area contributed by atoms with E-state index in [4.69, 9.17) is 4.74 Å². The van der Waals surface area contributed by atoms with Crippen molar-refractivity contribution in [2.75, 3.05) is 11.8 Å². The first kappa shape index (κ1) is 27.5. The van der Waals surface area contributed by atoms with Crippen molar-refractivity contribution in [3.63, 3.8) is 0 Å². The number of hydrogen-bond donors (Lipinski definition) is 2. The van der Waals surface area contributed by atoms with E-state index < -0.39 is 27.0 Å². The number of phenolic OH excluding ortho intramolecular Hbond substituents is 1. The molecule has 13 heteroatoms. The molecule has 0 radical (unpaired) electrons. The van der Waals surface area contributed by atoms with Gasteiger partial charge in [0.05, 0.1) is 30.5 Å². The fourth-order valence-corrected chi connectivity index (χ4v) is 5.32. The zero-order valence-electron chi connectivity index (χ0n) is 22.1. The Labute approximate surface area is 235 Å². The highest BCUT2D eigenvalue weighted by atomic mass is 32.2. The van der Waals surface area contributed by atoms with Crippen LogP contribution in [0, 0.1) is 5.82 Å². The van der Waals surface area contributed by atoms with Crippen molar-refractivity contribution in [2.45, 2.75) is 25.0 Å². The summed E-state index contributed by atoms with van der Waals surface area (Å²) in [7, 11) is -2.75. The minimum Gasteiger partial charge on any atom is -0.506 e. The van der Waals surface area contributed by atoms with Crippen molar-refractivity contribution in [3.05, 3.63) is 101 Å². The molecule has 3 heterocycles. The van der Waals surface area contributed by atoms with Crippen LogP contribution >= 0.6 is 0 Å². The third-order valence-corrected chi connectivity index (χ3v) is 8.33. The van der Waals surface area contributed by atoms with Crippen LogP contribution < -0.4 is 9.46 Å². The van der Waals surface area contributed by atoms with Crippen LogP contribution in [-0.4, -0.2) is 56.3 Å². The second-order valence-electron chi connectivity index (χ2n) is 9.04. The summed E-state index contributed by atoms with van der Waals surface area (Å²) in [6.45, 7) is 3.08. The van der Waals surface area contributed by atoms with Crippen molar-refractivity contribution >= 4 is 27.4 Å². The maximum Gasteiger partial charge on any atom is 0.243 e. The molecule has 2 aromatic heterocycles. The van der Waals surface area contributed by atoms with E-state index in [1.807, 2.05) is 30.3 Å². The number of phenols is 1. The molecule has 0 fully saturated rings. The molecule has 2 N–H and O–H groups in total. The van der Waals surface area contributed by atoms with Crippen LogP contribution in [0.15, 0.2) is 83.5 Å². The number of ether oxygens (including phenoxy) is 1. The predicted octanol–water partition coefficient (Wildman–Crippen LogP) is 4.00. The fourth-order valence-electron chi connectivity index (χ4n) is 4.09. The number of benzene rings is 2. The first-order valence-corrected chi connectivity index (χ1v) is 13.9. The molecule has 5 rings (SSSR count). The average molecular weight is 574 g/mol. The maximum absolute atomic E-state index is 13.5. The number of aromatic nitrogens is 5. The van der Waals surface area contributed by atoms with Crippen LogP contribution in [0.5, 0.6) is 11.5 Å². The van der Waals surface area contributed by atoms with E-state index in [0.29, 0.717) is 5.71 Å². The molecule has 0 unspecified atom stereocenters.